The van der Waals surface area contributed by atoms with Crippen molar-refractivity contribution in [2.45, 2.75) is 25.1 Å². The second-order valence-corrected chi connectivity index (χ2v) is 11.7. The Kier molecular flexibility index (Phi) is 9.14. The summed E-state index contributed by atoms with van der Waals surface area (Å²) in [4.78, 5) is 23.8. The van der Waals surface area contributed by atoms with Gasteiger partial charge in [-0.1, -0.05) is 11.8 Å². The van der Waals surface area contributed by atoms with Crippen LogP contribution in [0.15, 0.2) is 61.1 Å². The summed E-state index contributed by atoms with van der Waals surface area (Å²) < 4.78 is 41.6. The Morgan fingerprint density at radius 1 is 1.13 bits per heavy atom. The van der Waals surface area contributed by atoms with Crippen molar-refractivity contribution in [1.82, 2.24) is 24.8 Å². The molecule has 3 aromatic heterocycles. The van der Waals surface area contributed by atoms with Gasteiger partial charge in [0.05, 0.1) is 40.9 Å². The first-order valence-electron chi connectivity index (χ1n) is 14.3. The Balaban J connectivity index is 0.00000357. The van der Waals surface area contributed by atoms with Crippen LogP contribution in [0.3, 0.4) is 0 Å². The molecule has 0 radical (unpaired) electrons. The van der Waals surface area contributed by atoms with E-state index in [1.165, 1.54) is 23.7 Å². The molecular formula is C32H29ClF2N6O3S. The van der Waals surface area contributed by atoms with Crippen LogP contribution in [0.4, 0.5) is 25.1 Å². The lowest BCUT2D eigenvalue weighted by Crippen LogP contribution is -2.42. The number of hydrogen-bond donors (Lipinski definition) is 2. The highest BCUT2D eigenvalue weighted by Crippen LogP contribution is 2.32. The van der Waals surface area contributed by atoms with E-state index < -0.39 is 11.6 Å². The van der Waals surface area contributed by atoms with Crippen LogP contribution < -0.4 is 10.6 Å². The SMILES string of the molecule is Cl.O=C(OC1CNC(C#Cc2cc3ncnc(Nc4ccc5c(ccn5Cc5cc(F)ccc5F)c4)c3s2)C1)N1CCOCC1. The summed E-state index contributed by atoms with van der Waals surface area (Å²) in [5, 5.41) is 7.68. The lowest BCUT2D eigenvalue weighted by molar-refractivity contribution is 0.0156. The van der Waals surface area contributed by atoms with Gasteiger partial charge in [0.2, 0.25) is 0 Å². The number of nitrogens with zero attached hydrogens (tertiary/aromatic N) is 4. The molecular weight excluding hydrogens is 622 g/mol. The van der Waals surface area contributed by atoms with Crippen LogP contribution >= 0.6 is 23.7 Å². The number of carbonyl (C=O) groups is 1. The van der Waals surface area contributed by atoms with E-state index in [2.05, 4.69) is 32.4 Å². The summed E-state index contributed by atoms with van der Waals surface area (Å²) in [6, 6.07) is 13.2. The first kappa shape index (κ1) is 30.7. The Labute approximate surface area is 268 Å². The van der Waals surface area contributed by atoms with Crippen molar-refractivity contribution in [2.24, 2.45) is 0 Å². The van der Waals surface area contributed by atoms with E-state index in [1.807, 2.05) is 41.1 Å². The molecule has 0 saturated carbocycles. The second-order valence-electron chi connectivity index (χ2n) is 10.7. The normalized spacial score (nSPS) is 18.0. The van der Waals surface area contributed by atoms with Crippen LogP contribution in [-0.4, -0.2) is 70.5 Å². The zero-order valence-corrected chi connectivity index (χ0v) is 25.6. The molecule has 2 aliphatic rings. The average Bonchev–Trinajstić information content (AvgIpc) is 3.77. The van der Waals surface area contributed by atoms with Gasteiger partial charge in [-0.25, -0.2) is 23.5 Å². The third-order valence-electron chi connectivity index (χ3n) is 7.69. The lowest BCUT2D eigenvalue weighted by Gasteiger charge is -2.27. The molecule has 2 unspecified atom stereocenters. The van der Waals surface area contributed by atoms with Crippen molar-refractivity contribution in [3.63, 3.8) is 0 Å². The number of rotatable bonds is 5. The molecule has 2 aromatic carbocycles. The van der Waals surface area contributed by atoms with E-state index in [9.17, 15) is 13.6 Å². The largest absolute Gasteiger partial charge is 0.445 e. The third kappa shape index (κ3) is 6.87. The fraction of sp³-hybridized carbons (Fsp3) is 0.281. The van der Waals surface area contributed by atoms with Gasteiger partial charge in [-0.3, -0.25) is 5.32 Å². The highest BCUT2D eigenvalue weighted by atomic mass is 35.5. The van der Waals surface area contributed by atoms with Gasteiger partial charge in [0.25, 0.3) is 0 Å². The molecule has 232 valence electrons. The maximum atomic E-state index is 14.2. The molecule has 2 N–H and O–H groups in total. The Hall–Kier alpha value is -4.28. The Morgan fingerprint density at radius 2 is 2.00 bits per heavy atom. The van der Waals surface area contributed by atoms with Gasteiger partial charge < -0.3 is 24.3 Å². The van der Waals surface area contributed by atoms with E-state index in [0.717, 1.165) is 43.8 Å². The van der Waals surface area contributed by atoms with Gasteiger partial charge in [0.1, 0.15) is 24.1 Å². The van der Waals surface area contributed by atoms with Crippen LogP contribution in [0.2, 0.25) is 0 Å². The smallest absolute Gasteiger partial charge is 0.410 e. The third-order valence-corrected chi connectivity index (χ3v) is 8.74. The van der Waals surface area contributed by atoms with Gasteiger partial charge in [-0.2, -0.15) is 0 Å². The van der Waals surface area contributed by atoms with Crippen molar-refractivity contribution in [3.8, 4) is 11.8 Å². The predicted molar refractivity (Wildman–Crippen MR) is 171 cm³/mol. The number of thiophene rings is 1. The Morgan fingerprint density at radius 3 is 2.87 bits per heavy atom. The Bertz CT molecular complexity index is 1920. The van der Waals surface area contributed by atoms with E-state index in [4.69, 9.17) is 9.47 Å². The number of ether oxygens (including phenoxy) is 2. The van der Waals surface area contributed by atoms with Crippen LogP contribution in [0, 0.1) is 23.5 Å². The van der Waals surface area contributed by atoms with Crippen molar-refractivity contribution < 1.29 is 23.0 Å². The maximum absolute atomic E-state index is 14.2. The molecule has 2 saturated heterocycles. The first-order chi connectivity index (χ1) is 21.5. The van der Waals surface area contributed by atoms with Crippen LogP contribution in [0.1, 0.15) is 16.9 Å². The number of carbonyl (C=O) groups excluding carboxylic acids is 1. The average molecular weight is 651 g/mol. The molecule has 2 atom stereocenters. The van der Waals surface area contributed by atoms with Crippen LogP contribution in [-0.2, 0) is 16.0 Å². The van der Waals surface area contributed by atoms with E-state index in [-0.39, 0.29) is 37.2 Å². The number of fused-ring (bicyclic) bond motifs is 2. The van der Waals surface area contributed by atoms with Gasteiger partial charge in [0.15, 0.2) is 5.82 Å². The van der Waals surface area contributed by atoms with E-state index in [0.29, 0.717) is 50.7 Å². The molecule has 0 spiro atoms. The number of benzene rings is 2. The molecule has 5 heterocycles. The topological polar surface area (TPSA) is 93.5 Å². The molecule has 5 aromatic rings. The summed E-state index contributed by atoms with van der Waals surface area (Å²) in [7, 11) is 0. The maximum Gasteiger partial charge on any atom is 0.410 e. The van der Waals surface area contributed by atoms with Crippen molar-refractivity contribution in [3.05, 3.63) is 83.1 Å². The molecule has 2 fully saturated rings. The van der Waals surface area contributed by atoms with Crippen molar-refractivity contribution >= 4 is 62.5 Å². The second kappa shape index (κ2) is 13.4. The highest BCUT2D eigenvalue weighted by Gasteiger charge is 2.28. The van der Waals surface area contributed by atoms with Crippen molar-refractivity contribution in [2.75, 3.05) is 38.2 Å². The quantitative estimate of drug-likeness (QED) is 0.236. The molecule has 7 rings (SSSR count). The number of halogens is 3. The molecule has 9 nitrogen and oxygen atoms in total. The summed E-state index contributed by atoms with van der Waals surface area (Å²) in [6.45, 7) is 2.97. The fourth-order valence-corrected chi connectivity index (χ4v) is 6.35. The van der Waals surface area contributed by atoms with Gasteiger partial charge >= 0.3 is 6.09 Å². The van der Waals surface area contributed by atoms with Crippen LogP contribution in [0.5, 0.6) is 0 Å². The number of morpholine rings is 1. The summed E-state index contributed by atoms with van der Waals surface area (Å²) in [5.41, 5.74) is 2.82. The summed E-state index contributed by atoms with van der Waals surface area (Å²) in [5.74, 6) is 6.28. The fourth-order valence-electron chi connectivity index (χ4n) is 5.43. The molecule has 1 amide bonds. The number of hydrogen-bond acceptors (Lipinski definition) is 8. The zero-order chi connectivity index (χ0) is 30.0. The standard InChI is InChI=1S/C32H28F2N6O3S.ClH/c33-22-1-5-27(34)21(13-22)18-40-8-7-20-14-24(3-6-29(20)40)38-31-30-28(36-19-37-31)16-26(44-30)4-2-23-15-25(17-35-23)43-32(41)39-9-11-42-12-10-39;/h1,3,5-8,13-14,16,19,23,25,35H,9-12,15,17-18H2,(H,36,37,38);1H. The minimum atomic E-state index is -0.463. The minimum Gasteiger partial charge on any atom is -0.445 e. The van der Waals surface area contributed by atoms with E-state index >= 15 is 0 Å². The highest BCUT2D eigenvalue weighted by molar-refractivity contribution is 7.20. The predicted octanol–water partition coefficient (Wildman–Crippen LogP) is 5.69. The number of aromatic nitrogens is 3. The van der Waals surface area contributed by atoms with Gasteiger partial charge in [-0.05, 0) is 48.5 Å². The number of amides is 1. The monoisotopic (exact) mass is 650 g/mol. The molecule has 13 heteroatoms. The molecule has 0 aliphatic carbocycles. The minimum absolute atomic E-state index is 0. The van der Waals surface area contributed by atoms with E-state index in [1.54, 1.807) is 4.90 Å². The molecule has 45 heavy (non-hydrogen) atoms. The molecule has 0 bridgehead atoms. The van der Waals surface area contributed by atoms with Gasteiger partial charge in [-0.15, -0.1) is 23.7 Å². The first-order valence-corrected chi connectivity index (χ1v) is 15.1. The number of anilines is 2. The lowest BCUT2D eigenvalue weighted by atomic mass is 10.2. The molecule has 2 aliphatic heterocycles. The summed E-state index contributed by atoms with van der Waals surface area (Å²) >= 11 is 1.51. The number of nitrogens with one attached hydrogen (secondary N) is 2. The van der Waals surface area contributed by atoms with Gasteiger partial charge in [0, 0.05) is 54.4 Å². The summed E-state index contributed by atoms with van der Waals surface area (Å²) in [6.07, 6.45) is 3.49. The van der Waals surface area contributed by atoms with Crippen LogP contribution in [0.25, 0.3) is 21.1 Å². The van der Waals surface area contributed by atoms with Crippen molar-refractivity contribution in [1.29, 1.82) is 0 Å². The zero-order valence-electron chi connectivity index (χ0n) is 24.0.